The van der Waals surface area contributed by atoms with E-state index in [4.69, 9.17) is 4.74 Å². The molecule has 0 amide bonds. The molecule has 0 aliphatic rings. The second-order valence-electron chi connectivity index (χ2n) is 5.53. The van der Waals surface area contributed by atoms with Gasteiger partial charge in [0.15, 0.2) is 11.9 Å². The number of fused-ring (bicyclic) bond motifs is 1. The monoisotopic (exact) mass is 288 g/mol. The molecule has 0 saturated heterocycles. The second-order valence-corrected chi connectivity index (χ2v) is 5.53. The van der Waals surface area contributed by atoms with Crippen LogP contribution in [0.15, 0.2) is 29.1 Å². The number of esters is 1. The Labute approximate surface area is 123 Å². The Morgan fingerprint density at radius 3 is 2.71 bits per heavy atom. The molecule has 2 rings (SSSR count). The standard InChI is InChI=1S/C16H20N2O3/c1-10(2)8-9-14(19)21-11(3)15-17-13-7-5-4-6-12(13)16(20)18-15/h4-7,10-11H,8-9H2,1-3H3,(H,17,18,20)/t11-/m0/s1. The lowest BCUT2D eigenvalue weighted by molar-refractivity contribution is -0.149. The van der Waals surface area contributed by atoms with Gasteiger partial charge in [-0.05, 0) is 31.4 Å². The maximum absolute atomic E-state index is 12.0. The van der Waals surface area contributed by atoms with Crippen LogP contribution in [-0.2, 0) is 9.53 Å². The third kappa shape index (κ3) is 3.90. The molecule has 1 aromatic heterocycles. The highest BCUT2D eigenvalue weighted by molar-refractivity contribution is 5.77. The number of rotatable bonds is 5. The number of carbonyl (C=O) groups excluding carboxylic acids is 1. The van der Waals surface area contributed by atoms with Crippen LogP contribution in [0.1, 0.15) is 45.5 Å². The number of hydrogen-bond acceptors (Lipinski definition) is 4. The summed E-state index contributed by atoms with van der Waals surface area (Å²) in [4.78, 5) is 30.7. The largest absolute Gasteiger partial charge is 0.454 e. The Hall–Kier alpha value is -2.17. The number of H-pyrrole nitrogens is 1. The molecule has 2 aromatic rings. The van der Waals surface area contributed by atoms with Crippen LogP contribution in [0.2, 0.25) is 0 Å². The molecule has 1 heterocycles. The van der Waals surface area contributed by atoms with Crippen molar-refractivity contribution in [3.8, 4) is 0 Å². The van der Waals surface area contributed by atoms with Gasteiger partial charge in [0.1, 0.15) is 0 Å². The lowest BCUT2D eigenvalue weighted by Gasteiger charge is -2.13. The van der Waals surface area contributed by atoms with E-state index in [1.165, 1.54) is 0 Å². The number of nitrogens with zero attached hydrogens (tertiary/aromatic N) is 1. The van der Waals surface area contributed by atoms with Gasteiger partial charge in [-0.1, -0.05) is 26.0 Å². The normalized spacial score (nSPS) is 12.6. The highest BCUT2D eigenvalue weighted by Crippen LogP contribution is 2.16. The molecule has 112 valence electrons. The Bertz CT molecular complexity index is 691. The highest BCUT2D eigenvalue weighted by Gasteiger charge is 2.15. The molecule has 0 saturated carbocycles. The third-order valence-corrected chi connectivity index (χ3v) is 3.25. The predicted octanol–water partition coefficient (Wildman–Crippen LogP) is 2.96. The fourth-order valence-electron chi connectivity index (χ4n) is 2.02. The van der Waals surface area contributed by atoms with Gasteiger partial charge in [-0.15, -0.1) is 0 Å². The van der Waals surface area contributed by atoms with Crippen LogP contribution in [0.3, 0.4) is 0 Å². The molecule has 0 fully saturated rings. The van der Waals surface area contributed by atoms with Gasteiger partial charge < -0.3 is 9.72 Å². The summed E-state index contributed by atoms with van der Waals surface area (Å²) in [6.07, 6.45) is 0.592. The molecular weight excluding hydrogens is 268 g/mol. The molecule has 1 atom stereocenters. The van der Waals surface area contributed by atoms with Crippen LogP contribution in [0.4, 0.5) is 0 Å². The van der Waals surface area contributed by atoms with Gasteiger partial charge in [0.25, 0.3) is 5.56 Å². The van der Waals surface area contributed by atoms with Crippen LogP contribution >= 0.6 is 0 Å². The first-order valence-corrected chi connectivity index (χ1v) is 7.16. The number of hydrogen-bond donors (Lipinski definition) is 1. The number of carbonyl (C=O) groups is 1. The molecule has 0 bridgehead atoms. The van der Waals surface area contributed by atoms with E-state index in [0.29, 0.717) is 29.1 Å². The van der Waals surface area contributed by atoms with E-state index < -0.39 is 6.10 Å². The zero-order valence-electron chi connectivity index (χ0n) is 12.6. The second kappa shape index (κ2) is 6.52. The molecular formula is C16H20N2O3. The maximum Gasteiger partial charge on any atom is 0.306 e. The van der Waals surface area contributed by atoms with Gasteiger partial charge in [0.05, 0.1) is 10.9 Å². The highest BCUT2D eigenvalue weighted by atomic mass is 16.5. The Kier molecular flexibility index (Phi) is 4.73. The van der Waals surface area contributed by atoms with E-state index in [-0.39, 0.29) is 11.5 Å². The van der Waals surface area contributed by atoms with Crippen molar-refractivity contribution in [1.29, 1.82) is 0 Å². The van der Waals surface area contributed by atoms with E-state index >= 15 is 0 Å². The zero-order valence-corrected chi connectivity index (χ0v) is 12.6. The number of aromatic amines is 1. The van der Waals surface area contributed by atoms with Crippen LogP contribution in [0.25, 0.3) is 10.9 Å². The Morgan fingerprint density at radius 2 is 2.00 bits per heavy atom. The minimum atomic E-state index is -0.568. The summed E-state index contributed by atoms with van der Waals surface area (Å²) in [5.74, 6) is 0.551. The maximum atomic E-state index is 12.0. The van der Waals surface area contributed by atoms with Crippen LogP contribution in [0.5, 0.6) is 0 Å². The minimum absolute atomic E-state index is 0.222. The molecule has 0 aliphatic heterocycles. The van der Waals surface area contributed by atoms with Crippen molar-refractivity contribution in [2.24, 2.45) is 5.92 Å². The number of benzene rings is 1. The summed E-state index contributed by atoms with van der Waals surface area (Å²) >= 11 is 0. The average molecular weight is 288 g/mol. The molecule has 21 heavy (non-hydrogen) atoms. The van der Waals surface area contributed by atoms with Crippen LogP contribution < -0.4 is 5.56 Å². The quantitative estimate of drug-likeness (QED) is 0.858. The molecule has 5 heteroatoms. The first-order valence-electron chi connectivity index (χ1n) is 7.16. The average Bonchev–Trinajstić information content (AvgIpc) is 2.45. The number of para-hydroxylation sites is 1. The van der Waals surface area contributed by atoms with E-state index in [1.807, 2.05) is 6.07 Å². The SMILES string of the molecule is CC(C)CCC(=O)O[C@@H](C)c1nc2ccccc2c(=O)[nH]1. The van der Waals surface area contributed by atoms with Crippen molar-refractivity contribution >= 4 is 16.9 Å². The summed E-state index contributed by atoms with van der Waals surface area (Å²) in [6, 6.07) is 7.08. The van der Waals surface area contributed by atoms with E-state index in [2.05, 4.69) is 23.8 Å². The number of ether oxygens (including phenoxy) is 1. The Balaban J connectivity index is 2.14. The van der Waals surface area contributed by atoms with Crippen molar-refractivity contribution in [2.75, 3.05) is 0 Å². The van der Waals surface area contributed by atoms with E-state index in [9.17, 15) is 9.59 Å². The lowest BCUT2D eigenvalue weighted by Crippen LogP contribution is -2.17. The van der Waals surface area contributed by atoms with E-state index in [1.54, 1.807) is 25.1 Å². The summed E-state index contributed by atoms with van der Waals surface area (Å²) < 4.78 is 5.32. The van der Waals surface area contributed by atoms with Crippen molar-refractivity contribution in [2.45, 2.75) is 39.7 Å². The summed E-state index contributed by atoms with van der Waals surface area (Å²) in [5, 5.41) is 0.527. The summed E-state index contributed by atoms with van der Waals surface area (Å²) in [7, 11) is 0. The molecule has 0 aliphatic carbocycles. The smallest absolute Gasteiger partial charge is 0.306 e. The van der Waals surface area contributed by atoms with Gasteiger partial charge in [-0.25, -0.2) is 4.98 Å². The first kappa shape index (κ1) is 15.2. The molecule has 0 spiro atoms. The minimum Gasteiger partial charge on any atom is -0.454 e. The fourth-order valence-corrected chi connectivity index (χ4v) is 2.02. The zero-order chi connectivity index (χ0) is 15.4. The van der Waals surface area contributed by atoms with Gasteiger partial charge >= 0.3 is 5.97 Å². The van der Waals surface area contributed by atoms with Crippen LogP contribution in [-0.4, -0.2) is 15.9 Å². The molecule has 0 radical (unpaired) electrons. The van der Waals surface area contributed by atoms with Crippen molar-refractivity contribution in [1.82, 2.24) is 9.97 Å². The Morgan fingerprint density at radius 1 is 1.29 bits per heavy atom. The van der Waals surface area contributed by atoms with Gasteiger partial charge in [0, 0.05) is 6.42 Å². The predicted molar refractivity (Wildman–Crippen MR) is 80.9 cm³/mol. The van der Waals surface area contributed by atoms with Gasteiger partial charge in [-0.2, -0.15) is 0 Å². The van der Waals surface area contributed by atoms with Crippen molar-refractivity contribution in [3.63, 3.8) is 0 Å². The summed E-state index contributed by atoms with van der Waals surface area (Å²) in [6.45, 7) is 5.82. The third-order valence-electron chi connectivity index (χ3n) is 3.25. The lowest BCUT2D eigenvalue weighted by atomic mass is 10.1. The van der Waals surface area contributed by atoms with Crippen LogP contribution in [0, 0.1) is 5.92 Å². The number of aromatic nitrogens is 2. The van der Waals surface area contributed by atoms with Crippen molar-refractivity contribution < 1.29 is 9.53 Å². The fraction of sp³-hybridized carbons (Fsp3) is 0.438. The topological polar surface area (TPSA) is 72.0 Å². The molecule has 5 nitrogen and oxygen atoms in total. The summed E-state index contributed by atoms with van der Waals surface area (Å²) in [5.41, 5.74) is 0.377. The van der Waals surface area contributed by atoms with Gasteiger partial charge in [-0.3, -0.25) is 9.59 Å². The number of nitrogens with one attached hydrogen (secondary N) is 1. The van der Waals surface area contributed by atoms with E-state index in [0.717, 1.165) is 6.42 Å². The molecule has 0 unspecified atom stereocenters. The van der Waals surface area contributed by atoms with Gasteiger partial charge in [0.2, 0.25) is 0 Å². The van der Waals surface area contributed by atoms with Crippen molar-refractivity contribution in [3.05, 3.63) is 40.4 Å². The molecule has 1 N–H and O–H groups in total. The first-order chi connectivity index (χ1) is 9.97. The molecule has 1 aromatic carbocycles.